The van der Waals surface area contributed by atoms with Crippen LogP contribution in [-0.4, -0.2) is 11.0 Å². The molecule has 0 aromatic heterocycles. The number of hydrogen-bond donors (Lipinski definition) is 2. The van der Waals surface area contributed by atoms with E-state index in [1.807, 2.05) is 0 Å². The average molecular weight is 327 g/mol. The van der Waals surface area contributed by atoms with Crippen molar-refractivity contribution in [1.82, 2.24) is 0 Å². The number of primary amides is 1. The van der Waals surface area contributed by atoms with Gasteiger partial charge in [-0.1, -0.05) is 39.7 Å². The van der Waals surface area contributed by atoms with Gasteiger partial charge in [0.1, 0.15) is 5.75 Å². The molecule has 0 atom stereocenters. The van der Waals surface area contributed by atoms with Crippen LogP contribution in [-0.2, 0) is 0 Å². The molecule has 0 aliphatic heterocycles. The number of rotatable bonds is 2. The Hall–Kier alpha value is -1.52. The molecule has 18 heavy (non-hydrogen) atoms. The van der Waals surface area contributed by atoms with Crippen LogP contribution in [0.25, 0.3) is 11.1 Å². The molecule has 0 radical (unpaired) electrons. The molecule has 3 N–H and O–H groups in total. The molecule has 2 rings (SSSR count). The number of hydrogen-bond acceptors (Lipinski definition) is 2. The van der Waals surface area contributed by atoms with Gasteiger partial charge >= 0.3 is 0 Å². The van der Waals surface area contributed by atoms with Crippen LogP contribution < -0.4 is 5.73 Å². The molecule has 0 fully saturated rings. The molecule has 1 amide bonds. The average Bonchev–Trinajstić information content (AvgIpc) is 2.27. The van der Waals surface area contributed by atoms with Crippen molar-refractivity contribution in [1.29, 1.82) is 0 Å². The number of aromatic hydroxyl groups is 1. The van der Waals surface area contributed by atoms with Gasteiger partial charge in [-0.15, -0.1) is 0 Å². The maximum Gasteiger partial charge on any atom is 0.252 e. The van der Waals surface area contributed by atoms with Gasteiger partial charge in [-0.25, -0.2) is 0 Å². The van der Waals surface area contributed by atoms with E-state index in [2.05, 4.69) is 15.9 Å². The third-order valence-corrected chi connectivity index (χ3v) is 3.15. The highest BCUT2D eigenvalue weighted by atomic mass is 79.9. The van der Waals surface area contributed by atoms with Crippen LogP contribution in [0.4, 0.5) is 0 Å². The smallest absolute Gasteiger partial charge is 0.252 e. The summed E-state index contributed by atoms with van der Waals surface area (Å²) in [5, 5.41) is 10.6. The Morgan fingerprint density at radius 3 is 2.61 bits per heavy atom. The Morgan fingerprint density at radius 2 is 2.00 bits per heavy atom. The van der Waals surface area contributed by atoms with E-state index in [4.69, 9.17) is 17.3 Å². The van der Waals surface area contributed by atoms with Crippen molar-refractivity contribution < 1.29 is 9.90 Å². The van der Waals surface area contributed by atoms with Crippen molar-refractivity contribution in [2.75, 3.05) is 0 Å². The fourth-order valence-corrected chi connectivity index (χ4v) is 2.54. The van der Waals surface area contributed by atoms with Gasteiger partial charge in [0.05, 0.1) is 5.56 Å². The van der Waals surface area contributed by atoms with Crippen LogP contribution in [0.15, 0.2) is 40.9 Å². The summed E-state index contributed by atoms with van der Waals surface area (Å²) in [6.07, 6.45) is 0. The van der Waals surface area contributed by atoms with Crippen LogP contribution in [0.1, 0.15) is 10.4 Å². The minimum atomic E-state index is -0.671. The Morgan fingerprint density at radius 1 is 1.28 bits per heavy atom. The highest BCUT2D eigenvalue weighted by Crippen LogP contribution is 2.34. The second-order valence-electron chi connectivity index (χ2n) is 3.72. The summed E-state index contributed by atoms with van der Waals surface area (Å²) in [5.41, 5.74) is 6.49. The van der Waals surface area contributed by atoms with Crippen molar-refractivity contribution in [2.24, 2.45) is 5.73 Å². The summed E-state index contributed by atoms with van der Waals surface area (Å²) >= 11 is 9.28. The maximum atomic E-state index is 11.2. The molecule has 3 nitrogen and oxygen atoms in total. The summed E-state index contributed by atoms with van der Waals surface area (Å²) in [5.74, 6) is -0.811. The number of carbonyl (C=O) groups is 1. The summed E-state index contributed by atoms with van der Waals surface area (Å²) in [6, 6.07) is 10.1. The third-order valence-electron chi connectivity index (χ3n) is 2.48. The molecule has 0 saturated carbocycles. The van der Waals surface area contributed by atoms with Gasteiger partial charge in [0.25, 0.3) is 5.91 Å². The van der Waals surface area contributed by atoms with Crippen molar-refractivity contribution in [3.63, 3.8) is 0 Å². The lowest BCUT2D eigenvalue weighted by molar-refractivity contribution is 0.0998. The van der Waals surface area contributed by atoms with E-state index in [1.165, 1.54) is 6.07 Å². The number of benzene rings is 2. The maximum absolute atomic E-state index is 11.2. The molecule has 0 saturated heterocycles. The largest absolute Gasteiger partial charge is 0.506 e. The quantitative estimate of drug-likeness (QED) is 0.886. The molecule has 2 aromatic rings. The Kier molecular flexibility index (Phi) is 3.59. The molecule has 0 aliphatic rings. The number of para-hydroxylation sites is 1. The third kappa shape index (κ3) is 2.49. The molecule has 0 bridgehead atoms. The molecule has 0 unspecified atom stereocenters. The lowest BCUT2D eigenvalue weighted by atomic mass is 10.0. The van der Waals surface area contributed by atoms with E-state index in [0.29, 0.717) is 16.1 Å². The van der Waals surface area contributed by atoms with Crippen molar-refractivity contribution >= 4 is 33.4 Å². The number of nitrogens with two attached hydrogens (primary N) is 1. The number of halogens is 2. The summed E-state index contributed by atoms with van der Waals surface area (Å²) in [4.78, 5) is 11.2. The molecular formula is C13H9BrClNO2. The predicted octanol–water partition coefficient (Wildman–Crippen LogP) is 3.57. The highest BCUT2D eigenvalue weighted by molar-refractivity contribution is 9.10. The van der Waals surface area contributed by atoms with E-state index in [-0.39, 0.29) is 11.3 Å². The van der Waals surface area contributed by atoms with Gasteiger partial charge in [-0.3, -0.25) is 4.79 Å². The number of carbonyl (C=O) groups excluding carboxylic acids is 1. The van der Waals surface area contributed by atoms with Gasteiger partial charge in [-0.2, -0.15) is 0 Å². The first-order chi connectivity index (χ1) is 8.49. The fraction of sp³-hybridized carbons (Fsp3) is 0. The van der Waals surface area contributed by atoms with Crippen LogP contribution in [0, 0.1) is 0 Å². The monoisotopic (exact) mass is 325 g/mol. The van der Waals surface area contributed by atoms with Gasteiger partial charge in [0.15, 0.2) is 0 Å². The number of phenols is 1. The second kappa shape index (κ2) is 5.00. The number of amides is 1. The van der Waals surface area contributed by atoms with Crippen LogP contribution in [0.5, 0.6) is 5.75 Å². The zero-order valence-corrected chi connectivity index (χ0v) is 11.5. The van der Waals surface area contributed by atoms with Gasteiger partial charge in [-0.05, 0) is 29.8 Å². The Balaban J connectivity index is 2.64. The zero-order chi connectivity index (χ0) is 13.3. The molecule has 92 valence electrons. The predicted molar refractivity (Wildman–Crippen MR) is 74.8 cm³/mol. The summed E-state index contributed by atoms with van der Waals surface area (Å²) < 4.78 is 0.786. The fourth-order valence-electron chi connectivity index (χ4n) is 1.68. The van der Waals surface area contributed by atoms with E-state index in [9.17, 15) is 9.90 Å². The first-order valence-electron chi connectivity index (χ1n) is 5.07. The molecule has 0 spiro atoms. The van der Waals surface area contributed by atoms with Gasteiger partial charge in [0, 0.05) is 15.1 Å². The normalized spacial score (nSPS) is 10.3. The minimum absolute atomic E-state index is 0.0867. The molecule has 0 aliphatic carbocycles. The first kappa shape index (κ1) is 12.9. The van der Waals surface area contributed by atoms with Gasteiger partial charge in [0.2, 0.25) is 0 Å². The van der Waals surface area contributed by atoms with Crippen molar-refractivity contribution in [3.05, 3.63) is 51.5 Å². The summed E-state index contributed by atoms with van der Waals surface area (Å²) in [7, 11) is 0. The standard InChI is InChI=1S/C13H9BrClNO2/c14-8-4-7(5-9(15)6-8)10-2-1-3-11(12(10)17)13(16)18/h1-6,17H,(H2,16,18). The molecular weight excluding hydrogens is 318 g/mol. The van der Waals surface area contributed by atoms with Crippen molar-refractivity contribution in [2.45, 2.75) is 0 Å². The summed E-state index contributed by atoms with van der Waals surface area (Å²) in [6.45, 7) is 0. The van der Waals surface area contributed by atoms with Crippen molar-refractivity contribution in [3.8, 4) is 16.9 Å². The van der Waals surface area contributed by atoms with Crippen LogP contribution in [0.3, 0.4) is 0 Å². The zero-order valence-electron chi connectivity index (χ0n) is 9.15. The molecule has 0 heterocycles. The van der Waals surface area contributed by atoms with Crippen LogP contribution >= 0.6 is 27.5 Å². The molecule has 2 aromatic carbocycles. The second-order valence-corrected chi connectivity index (χ2v) is 5.08. The lowest BCUT2D eigenvalue weighted by Crippen LogP contribution is -2.11. The topological polar surface area (TPSA) is 63.3 Å². The molecule has 5 heteroatoms. The Bertz CT molecular complexity index is 608. The van der Waals surface area contributed by atoms with E-state index in [0.717, 1.165) is 4.47 Å². The minimum Gasteiger partial charge on any atom is -0.506 e. The first-order valence-corrected chi connectivity index (χ1v) is 6.24. The van der Waals surface area contributed by atoms with Crippen LogP contribution in [0.2, 0.25) is 5.02 Å². The van der Waals surface area contributed by atoms with Gasteiger partial charge < -0.3 is 10.8 Å². The SMILES string of the molecule is NC(=O)c1cccc(-c2cc(Cl)cc(Br)c2)c1O. The van der Waals surface area contributed by atoms with E-state index < -0.39 is 5.91 Å². The lowest BCUT2D eigenvalue weighted by Gasteiger charge is -2.08. The highest BCUT2D eigenvalue weighted by Gasteiger charge is 2.13. The Labute approximate surface area is 117 Å². The van der Waals surface area contributed by atoms with E-state index >= 15 is 0 Å². The van der Waals surface area contributed by atoms with E-state index in [1.54, 1.807) is 30.3 Å².